The number of fused-ring (bicyclic) bond motifs is 1. The number of nitrogens with one attached hydrogen (secondary N) is 2. The molecule has 0 fully saturated rings. The van der Waals surface area contributed by atoms with Gasteiger partial charge in [0.1, 0.15) is 0 Å². The van der Waals surface area contributed by atoms with E-state index in [1.165, 1.54) is 12.1 Å². The van der Waals surface area contributed by atoms with Crippen LogP contribution in [0.4, 0.5) is 23.7 Å². The van der Waals surface area contributed by atoms with Crippen LogP contribution in [0, 0.1) is 0 Å². The molecule has 3 N–H and O–H groups in total. The standard InChI is InChI=1S/C19H17Cl2F3N2O2/c1-18(28)7-6-12-13(18)8-14(20)16(15(12)21)26-17(27)25-9-10-2-4-11(5-3-10)19(22,23)24/h2-5,8,28H,6-7,9H2,1H3,(H2,25,26,27). The van der Waals surface area contributed by atoms with Crippen LogP contribution in [0.15, 0.2) is 30.3 Å². The molecular weight excluding hydrogens is 416 g/mol. The first-order valence-corrected chi connectivity index (χ1v) is 9.19. The normalized spacial score (nSPS) is 18.7. The molecule has 1 atom stereocenters. The van der Waals surface area contributed by atoms with E-state index >= 15 is 0 Å². The number of aliphatic hydroxyl groups is 1. The van der Waals surface area contributed by atoms with E-state index < -0.39 is 23.4 Å². The third-order valence-corrected chi connectivity index (χ3v) is 5.45. The lowest BCUT2D eigenvalue weighted by molar-refractivity contribution is -0.137. The Morgan fingerprint density at radius 3 is 2.50 bits per heavy atom. The Hall–Kier alpha value is -1.96. The van der Waals surface area contributed by atoms with Crippen molar-refractivity contribution in [3.63, 3.8) is 0 Å². The molecule has 9 heteroatoms. The molecule has 2 aromatic rings. The Labute approximate surface area is 169 Å². The van der Waals surface area contributed by atoms with Gasteiger partial charge in [-0.2, -0.15) is 13.2 Å². The molecule has 0 spiro atoms. The minimum atomic E-state index is -4.41. The monoisotopic (exact) mass is 432 g/mol. The largest absolute Gasteiger partial charge is 0.416 e. The number of alkyl halides is 3. The van der Waals surface area contributed by atoms with Crippen LogP contribution in [0.25, 0.3) is 0 Å². The second-order valence-corrected chi connectivity index (χ2v) is 7.63. The van der Waals surface area contributed by atoms with Crippen molar-refractivity contribution < 1.29 is 23.1 Å². The highest BCUT2D eigenvalue weighted by Gasteiger charge is 2.35. The first-order valence-electron chi connectivity index (χ1n) is 8.44. The molecule has 1 unspecified atom stereocenters. The number of amides is 2. The number of anilines is 1. The topological polar surface area (TPSA) is 61.4 Å². The zero-order valence-corrected chi connectivity index (χ0v) is 16.3. The highest BCUT2D eigenvalue weighted by atomic mass is 35.5. The summed E-state index contributed by atoms with van der Waals surface area (Å²) in [6.45, 7) is 1.70. The molecule has 0 bridgehead atoms. The Balaban J connectivity index is 1.68. The molecule has 150 valence electrons. The lowest BCUT2D eigenvalue weighted by Crippen LogP contribution is -2.28. The molecule has 1 aliphatic rings. The predicted octanol–water partition coefficient (Wildman–Crippen LogP) is 5.49. The SMILES string of the molecule is CC1(O)CCc2c1cc(Cl)c(NC(=O)NCc1ccc(C(F)(F)F)cc1)c2Cl. The van der Waals surface area contributed by atoms with Gasteiger partial charge in [0.25, 0.3) is 0 Å². The fraction of sp³-hybridized carbons (Fsp3) is 0.316. The fourth-order valence-electron chi connectivity index (χ4n) is 3.15. The van der Waals surface area contributed by atoms with E-state index in [4.69, 9.17) is 23.2 Å². The van der Waals surface area contributed by atoms with Crippen molar-refractivity contribution >= 4 is 34.9 Å². The van der Waals surface area contributed by atoms with Crippen molar-refractivity contribution in [1.29, 1.82) is 0 Å². The minimum Gasteiger partial charge on any atom is -0.385 e. The van der Waals surface area contributed by atoms with E-state index in [0.29, 0.717) is 24.0 Å². The van der Waals surface area contributed by atoms with Gasteiger partial charge in [-0.3, -0.25) is 0 Å². The summed E-state index contributed by atoms with van der Waals surface area (Å²) < 4.78 is 37.7. The van der Waals surface area contributed by atoms with Crippen molar-refractivity contribution in [2.75, 3.05) is 5.32 Å². The zero-order valence-electron chi connectivity index (χ0n) is 14.8. The van der Waals surface area contributed by atoms with Gasteiger partial charge in [-0.1, -0.05) is 35.3 Å². The van der Waals surface area contributed by atoms with Crippen molar-refractivity contribution in [3.8, 4) is 0 Å². The van der Waals surface area contributed by atoms with Crippen LogP contribution in [-0.2, 0) is 24.7 Å². The van der Waals surface area contributed by atoms with Crippen LogP contribution in [0.1, 0.15) is 35.6 Å². The van der Waals surface area contributed by atoms with Crippen LogP contribution >= 0.6 is 23.2 Å². The third-order valence-electron chi connectivity index (χ3n) is 4.73. The summed E-state index contributed by atoms with van der Waals surface area (Å²) in [7, 11) is 0. The number of hydrogen-bond acceptors (Lipinski definition) is 2. The second-order valence-electron chi connectivity index (χ2n) is 6.85. The van der Waals surface area contributed by atoms with Gasteiger partial charge in [0, 0.05) is 6.54 Å². The highest BCUT2D eigenvalue weighted by Crippen LogP contribution is 2.45. The molecule has 0 radical (unpaired) electrons. The molecule has 0 saturated carbocycles. The second kappa shape index (κ2) is 7.46. The average molecular weight is 433 g/mol. The summed E-state index contributed by atoms with van der Waals surface area (Å²) >= 11 is 12.6. The van der Waals surface area contributed by atoms with Gasteiger partial charge in [0.2, 0.25) is 0 Å². The van der Waals surface area contributed by atoms with Crippen LogP contribution in [0.3, 0.4) is 0 Å². The number of halogens is 5. The summed E-state index contributed by atoms with van der Waals surface area (Å²) in [4.78, 5) is 12.2. The smallest absolute Gasteiger partial charge is 0.385 e. The predicted molar refractivity (Wildman–Crippen MR) is 102 cm³/mol. The Bertz CT molecular complexity index is 913. The lowest BCUT2D eigenvalue weighted by atomic mass is 9.98. The molecule has 0 heterocycles. The number of hydrogen-bond donors (Lipinski definition) is 3. The van der Waals surface area contributed by atoms with Gasteiger partial charge in [0.05, 0.1) is 26.9 Å². The number of benzene rings is 2. The zero-order chi connectivity index (χ0) is 20.7. The van der Waals surface area contributed by atoms with Gasteiger partial charge in [-0.05, 0) is 54.7 Å². The Kier molecular flexibility index (Phi) is 5.53. The third kappa shape index (κ3) is 4.21. The van der Waals surface area contributed by atoms with Gasteiger partial charge in [-0.25, -0.2) is 4.79 Å². The van der Waals surface area contributed by atoms with E-state index in [1.54, 1.807) is 13.0 Å². The average Bonchev–Trinajstić information content (AvgIpc) is 2.91. The molecule has 2 aromatic carbocycles. The molecule has 0 saturated heterocycles. The van der Waals surface area contributed by atoms with Crippen LogP contribution in [-0.4, -0.2) is 11.1 Å². The molecule has 3 rings (SSSR count). The lowest BCUT2D eigenvalue weighted by Gasteiger charge is -2.20. The Morgan fingerprint density at radius 1 is 1.25 bits per heavy atom. The number of carbonyl (C=O) groups is 1. The first kappa shape index (κ1) is 20.8. The maximum atomic E-state index is 12.6. The minimum absolute atomic E-state index is 0.0266. The number of rotatable bonds is 3. The fourth-order valence-corrected chi connectivity index (χ4v) is 3.80. The van der Waals surface area contributed by atoms with E-state index in [-0.39, 0.29) is 22.3 Å². The summed E-state index contributed by atoms with van der Waals surface area (Å²) in [5.41, 5.74) is 0.321. The Morgan fingerprint density at radius 2 is 1.89 bits per heavy atom. The molecule has 0 aromatic heterocycles. The quantitative estimate of drug-likeness (QED) is 0.600. The summed E-state index contributed by atoms with van der Waals surface area (Å²) in [6.07, 6.45) is -3.35. The summed E-state index contributed by atoms with van der Waals surface area (Å²) in [5.74, 6) is 0. The molecular formula is C19H17Cl2F3N2O2. The van der Waals surface area contributed by atoms with E-state index in [9.17, 15) is 23.1 Å². The first-order chi connectivity index (χ1) is 13.0. The van der Waals surface area contributed by atoms with Gasteiger partial charge < -0.3 is 15.7 Å². The molecule has 2 amide bonds. The maximum absolute atomic E-state index is 12.6. The van der Waals surface area contributed by atoms with E-state index in [2.05, 4.69) is 10.6 Å². The molecule has 4 nitrogen and oxygen atoms in total. The van der Waals surface area contributed by atoms with Gasteiger partial charge in [0.15, 0.2) is 0 Å². The van der Waals surface area contributed by atoms with Crippen LogP contribution in [0.2, 0.25) is 10.0 Å². The van der Waals surface area contributed by atoms with Crippen molar-refractivity contribution in [2.24, 2.45) is 0 Å². The summed E-state index contributed by atoms with van der Waals surface area (Å²) in [6, 6.07) is 5.47. The van der Waals surface area contributed by atoms with E-state index in [1.807, 2.05) is 0 Å². The number of carbonyl (C=O) groups excluding carboxylic acids is 1. The van der Waals surface area contributed by atoms with Gasteiger partial charge in [-0.15, -0.1) is 0 Å². The number of urea groups is 1. The molecule has 28 heavy (non-hydrogen) atoms. The maximum Gasteiger partial charge on any atom is 0.416 e. The van der Waals surface area contributed by atoms with Crippen molar-refractivity contribution in [2.45, 2.75) is 38.1 Å². The van der Waals surface area contributed by atoms with E-state index in [0.717, 1.165) is 17.7 Å². The van der Waals surface area contributed by atoms with Crippen LogP contribution in [0.5, 0.6) is 0 Å². The van der Waals surface area contributed by atoms with Crippen molar-refractivity contribution in [1.82, 2.24) is 5.32 Å². The van der Waals surface area contributed by atoms with Crippen LogP contribution < -0.4 is 10.6 Å². The highest BCUT2D eigenvalue weighted by molar-refractivity contribution is 6.40. The van der Waals surface area contributed by atoms with Gasteiger partial charge >= 0.3 is 12.2 Å². The molecule has 0 aliphatic heterocycles. The van der Waals surface area contributed by atoms with Crippen molar-refractivity contribution in [3.05, 3.63) is 62.6 Å². The summed E-state index contributed by atoms with van der Waals surface area (Å²) in [5, 5.41) is 15.9. The molecule has 1 aliphatic carbocycles.